The molecule has 1 unspecified atom stereocenters. The van der Waals surface area contributed by atoms with Gasteiger partial charge in [0.15, 0.2) is 5.96 Å². The van der Waals surface area contributed by atoms with Crippen LogP contribution in [0, 0.1) is 5.82 Å². The van der Waals surface area contributed by atoms with E-state index in [-0.39, 0.29) is 24.8 Å². The van der Waals surface area contributed by atoms with E-state index in [1.807, 2.05) is 11.9 Å². The van der Waals surface area contributed by atoms with E-state index < -0.39 is 6.10 Å². The number of hydrogen-bond acceptors (Lipinski definition) is 4. The van der Waals surface area contributed by atoms with Gasteiger partial charge < -0.3 is 20.2 Å². The molecule has 1 aromatic carbocycles. The summed E-state index contributed by atoms with van der Waals surface area (Å²) in [5.41, 5.74) is 1.38. The number of halogens is 1. The predicted molar refractivity (Wildman–Crippen MR) is 99.9 cm³/mol. The van der Waals surface area contributed by atoms with Gasteiger partial charge in [-0.15, -0.1) is 0 Å². The van der Waals surface area contributed by atoms with Gasteiger partial charge in [0.2, 0.25) is 5.91 Å². The Balaban J connectivity index is 1.57. The molecule has 1 aliphatic rings. The molecule has 2 heterocycles. The number of aromatic nitrogens is 2. The fourth-order valence-corrected chi connectivity index (χ4v) is 3.00. The van der Waals surface area contributed by atoms with Crippen molar-refractivity contribution in [2.24, 2.45) is 12.0 Å². The number of hydrogen-bond donors (Lipinski definition) is 2. The number of nitrogens with zero attached hydrogens (tertiary/aromatic N) is 5. The van der Waals surface area contributed by atoms with Gasteiger partial charge in [-0.1, -0.05) is 12.1 Å². The van der Waals surface area contributed by atoms with Gasteiger partial charge in [-0.05, 0) is 17.7 Å². The Hall–Kier alpha value is -2.94. The second-order valence-corrected chi connectivity index (χ2v) is 6.33. The van der Waals surface area contributed by atoms with Crippen LogP contribution in [0.4, 0.5) is 10.1 Å². The lowest BCUT2D eigenvalue weighted by atomic mass is 10.1. The highest BCUT2D eigenvalue weighted by Crippen LogP contribution is 2.16. The van der Waals surface area contributed by atoms with Crippen LogP contribution >= 0.6 is 0 Å². The maximum Gasteiger partial charge on any atom is 0.246 e. The molecule has 0 bridgehead atoms. The Kier molecular flexibility index (Phi) is 5.70. The van der Waals surface area contributed by atoms with Crippen molar-refractivity contribution in [2.45, 2.75) is 6.10 Å². The van der Waals surface area contributed by atoms with Crippen molar-refractivity contribution in [2.75, 3.05) is 38.1 Å². The van der Waals surface area contributed by atoms with Crippen LogP contribution in [0.5, 0.6) is 0 Å². The number of piperazine rings is 1. The van der Waals surface area contributed by atoms with Gasteiger partial charge in [-0.3, -0.25) is 14.5 Å². The van der Waals surface area contributed by atoms with Crippen LogP contribution in [0.25, 0.3) is 0 Å². The van der Waals surface area contributed by atoms with Gasteiger partial charge >= 0.3 is 0 Å². The second-order valence-electron chi connectivity index (χ2n) is 6.33. The summed E-state index contributed by atoms with van der Waals surface area (Å²) in [7, 11) is 3.44. The zero-order valence-electron chi connectivity index (χ0n) is 15.3. The van der Waals surface area contributed by atoms with E-state index in [2.05, 4.69) is 15.4 Å². The average molecular weight is 374 g/mol. The highest BCUT2D eigenvalue weighted by atomic mass is 19.1. The molecule has 1 saturated heterocycles. The molecule has 2 N–H and O–H groups in total. The van der Waals surface area contributed by atoms with E-state index in [0.29, 0.717) is 24.6 Å². The summed E-state index contributed by atoms with van der Waals surface area (Å²) in [5, 5.41) is 17.4. The zero-order chi connectivity index (χ0) is 19.4. The molecule has 0 radical (unpaired) electrons. The first-order chi connectivity index (χ1) is 13.0. The largest absolute Gasteiger partial charge is 0.387 e. The maximum absolute atomic E-state index is 13.0. The summed E-state index contributed by atoms with van der Waals surface area (Å²) in [6.45, 7) is 1.51. The molecule has 9 heteroatoms. The van der Waals surface area contributed by atoms with Crippen molar-refractivity contribution in [3.05, 3.63) is 48.0 Å². The van der Waals surface area contributed by atoms with Crippen molar-refractivity contribution in [1.82, 2.24) is 20.0 Å². The topological polar surface area (TPSA) is 86.0 Å². The molecule has 2 aromatic rings. The Labute approximate surface area is 156 Å². The van der Waals surface area contributed by atoms with Crippen molar-refractivity contribution < 1.29 is 14.3 Å². The third-order valence-electron chi connectivity index (χ3n) is 4.44. The van der Waals surface area contributed by atoms with Crippen LogP contribution in [0.15, 0.2) is 41.7 Å². The average Bonchev–Trinajstić information content (AvgIpc) is 3.09. The van der Waals surface area contributed by atoms with Gasteiger partial charge in [0.1, 0.15) is 12.4 Å². The molecule has 1 fully saturated rings. The summed E-state index contributed by atoms with van der Waals surface area (Å²) < 4.78 is 14.6. The number of anilines is 1. The Morgan fingerprint density at radius 1 is 1.37 bits per heavy atom. The van der Waals surface area contributed by atoms with E-state index in [1.165, 1.54) is 12.1 Å². The molecular formula is C18H23FN6O2. The molecule has 27 heavy (non-hydrogen) atoms. The lowest BCUT2D eigenvalue weighted by Gasteiger charge is -2.35. The SMILES string of the molecule is CN=C(NCC(O)c1ccc(F)cc1)N1CCN(c2cnn(C)c2)C(=O)C1. The molecule has 1 aliphatic heterocycles. The van der Waals surface area contributed by atoms with Gasteiger partial charge in [0.05, 0.1) is 18.0 Å². The van der Waals surface area contributed by atoms with Crippen molar-refractivity contribution >= 4 is 17.6 Å². The van der Waals surface area contributed by atoms with E-state index in [9.17, 15) is 14.3 Å². The smallest absolute Gasteiger partial charge is 0.246 e. The molecule has 0 spiro atoms. The molecular weight excluding hydrogens is 351 g/mol. The minimum Gasteiger partial charge on any atom is -0.387 e. The number of aliphatic hydroxyl groups is 1. The quantitative estimate of drug-likeness (QED) is 0.602. The zero-order valence-corrected chi connectivity index (χ0v) is 15.3. The van der Waals surface area contributed by atoms with E-state index in [4.69, 9.17) is 0 Å². The van der Waals surface area contributed by atoms with Crippen LogP contribution in [0.1, 0.15) is 11.7 Å². The summed E-state index contributed by atoms with van der Waals surface area (Å²) in [6, 6.07) is 5.70. The molecule has 0 saturated carbocycles. The van der Waals surface area contributed by atoms with Crippen molar-refractivity contribution in [3.63, 3.8) is 0 Å². The van der Waals surface area contributed by atoms with Gasteiger partial charge in [0.25, 0.3) is 0 Å². The molecule has 8 nitrogen and oxygen atoms in total. The number of guanidine groups is 1. The fraction of sp³-hybridized carbons (Fsp3) is 0.389. The number of carbonyl (C=O) groups excluding carboxylic acids is 1. The number of benzene rings is 1. The van der Waals surface area contributed by atoms with Crippen LogP contribution in [-0.4, -0.2) is 64.9 Å². The highest BCUT2D eigenvalue weighted by Gasteiger charge is 2.27. The van der Waals surface area contributed by atoms with Gasteiger partial charge in [0, 0.05) is 39.9 Å². The predicted octanol–water partition coefficient (Wildman–Crippen LogP) is 0.517. The summed E-state index contributed by atoms with van der Waals surface area (Å²) in [4.78, 5) is 20.2. The lowest BCUT2D eigenvalue weighted by molar-refractivity contribution is -0.120. The minimum absolute atomic E-state index is 0.0451. The first-order valence-electron chi connectivity index (χ1n) is 8.66. The Bertz CT molecular complexity index is 820. The maximum atomic E-state index is 13.0. The second kappa shape index (κ2) is 8.17. The minimum atomic E-state index is -0.810. The molecule has 1 aromatic heterocycles. The number of amides is 1. The molecule has 0 aliphatic carbocycles. The number of aliphatic hydroxyl groups excluding tert-OH is 1. The number of aliphatic imine (C=N–C) groups is 1. The lowest BCUT2D eigenvalue weighted by Crippen LogP contribution is -2.55. The van der Waals surface area contributed by atoms with E-state index in [1.54, 1.807) is 41.2 Å². The molecule has 1 atom stereocenters. The number of rotatable bonds is 4. The van der Waals surface area contributed by atoms with E-state index >= 15 is 0 Å². The van der Waals surface area contributed by atoms with Crippen LogP contribution in [0.3, 0.4) is 0 Å². The summed E-state index contributed by atoms with van der Waals surface area (Å²) >= 11 is 0. The number of carbonyl (C=O) groups is 1. The Morgan fingerprint density at radius 3 is 2.70 bits per heavy atom. The first kappa shape index (κ1) is 18.8. The standard InChI is InChI=1S/C18H23FN6O2/c1-20-18(21-10-16(26)13-3-5-14(19)6-4-13)24-7-8-25(17(27)12-24)15-9-22-23(2)11-15/h3-6,9,11,16,26H,7-8,10,12H2,1-2H3,(H,20,21). The Morgan fingerprint density at radius 2 is 2.11 bits per heavy atom. The molecule has 3 rings (SSSR count). The van der Waals surface area contributed by atoms with Gasteiger partial charge in [-0.25, -0.2) is 4.39 Å². The third kappa shape index (κ3) is 4.43. The molecule has 144 valence electrons. The monoisotopic (exact) mass is 374 g/mol. The number of aryl methyl sites for hydroxylation is 1. The highest BCUT2D eigenvalue weighted by molar-refractivity contribution is 5.98. The first-order valence-corrected chi connectivity index (χ1v) is 8.66. The van der Waals surface area contributed by atoms with Crippen molar-refractivity contribution in [3.8, 4) is 0 Å². The fourth-order valence-electron chi connectivity index (χ4n) is 3.00. The van der Waals surface area contributed by atoms with Gasteiger partial charge in [-0.2, -0.15) is 5.10 Å². The van der Waals surface area contributed by atoms with E-state index in [0.717, 1.165) is 5.69 Å². The summed E-state index contributed by atoms with van der Waals surface area (Å²) in [6.07, 6.45) is 2.66. The molecule has 1 amide bonds. The number of nitrogens with one attached hydrogen (secondary N) is 1. The summed E-state index contributed by atoms with van der Waals surface area (Å²) in [5.74, 6) is 0.145. The van der Waals surface area contributed by atoms with Crippen molar-refractivity contribution in [1.29, 1.82) is 0 Å². The normalized spacial score (nSPS) is 16.6. The van der Waals surface area contributed by atoms with Crippen LogP contribution in [0.2, 0.25) is 0 Å². The van der Waals surface area contributed by atoms with Crippen LogP contribution in [-0.2, 0) is 11.8 Å². The van der Waals surface area contributed by atoms with Crippen LogP contribution < -0.4 is 10.2 Å². The third-order valence-corrected chi connectivity index (χ3v) is 4.44.